The molecule has 2 aromatic rings. The van der Waals surface area contributed by atoms with E-state index in [0.717, 1.165) is 5.75 Å². The Morgan fingerprint density at radius 3 is 2.52 bits per heavy atom. The molecule has 1 heterocycles. The number of anilines is 1. The second-order valence-electron chi connectivity index (χ2n) is 7.03. The molecule has 8 heteroatoms. The zero-order valence-electron chi connectivity index (χ0n) is 16.3. The fourth-order valence-corrected chi connectivity index (χ4v) is 4.95. The van der Waals surface area contributed by atoms with Crippen molar-refractivity contribution in [2.24, 2.45) is 5.92 Å². The number of nitrogens with one attached hydrogen (secondary N) is 1. The van der Waals surface area contributed by atoms with Crippen LogP contribution in [0.15, 0.2) is 48.5 Å². The summed E-state index contributed by atoms with van der Waals surface area (Å²) in [4.78, 5) is 12.6. The molecule has 1 N–H and O–H groups in total. The lowest BCUT2D eigenvalue weighted by molar-refractivity contribution is -0.120. The van der Waals surface area contributed by atoms with Crippen molar-refractivity contribution >= 4 is 21.6 Å². The van der Waals surface area contributed by atoms with Crippen LogP contribution in [0.2, 0.25) is 0 Å². The number of rotatable bonds is 7. The van der Waals surface area contributed by atoms with E-state index in [1.54, 1.807) is 24.3 Å². The minimum absolute atomic E-state index is 0.145. The molecule has 0 radical (unpaired) electrons. The molecule has 0 spiro atoms. The van der Waals surface area contributed by atoms with Gasteiger partial charge in [0, 0.05) is 18.8 Å². The standard InChI is InChI=1S/C21H25FN2O4S/c1-2-28-20-11-9-19(10-12-20)23-21(25)17-4-3-13-24(14-17)29(26,27)15-16-5-7-18(22)8-6-16/h5-12,17H,2-4,13-15H2,1H3,(H,23,25)/t17-/m0/s1. The van der Waals surface area contributed by atoms with Crippen molar-refractivity contribution in [1.29, 1.82) is 0 Å². The maximum atomic E-state index is 13.0. The number of ether oxygens (including phenoxy) is 1. The molecule has 3 rings (SSSR count). The summed E-state index contributed by atoms with van der Waals surface area (Å²) in [7, 11) is -3.59. The van der Waals surface area contributed by atoms with Gasteiger partial charge in [0.25, 0.3) is 0 Å². The van der Waals surface area contributed by atoms with Crippen LogP contribution >= 0.6 is 0 Å². The van der Waals surface area contributed by atoms with Gasteiger partial charge in [-0.3, -0.25) is 4.79 Å². The Balaban J connectivity index is 1.61. The average molecular weight is 421 g/mol. The highest BCUT2D eigenvalue weighted by molar-refractivity contribution is 7.88. The molecule has 2 aromatic carbocycles. The van der Waals surface area contributed by atoms with E-state index in [2.05, 4.69) is 5.32 Å². The van der Waals surface area contributed by atoms with Gasteiger partial charge in [-0.05, 0) is 61.7 Å². The summed E-state index contributed by atoms with van der Waals surface area (Å²) in [6, 6.07) is 12.5. The molecule has 0 aromatic heterocycles. The number of halogens is 1. The molecule has 1 aliphatic rings. The van der Waals surface area contributed by atoms with Crippen LogP contribution in [0.25, 0.3) is 0 Å². The number of piperidine rings is 1. The van der Waals surface area contributed by atoms with Crippen molar-refractivity contribution in [3.8, 4) is 5.75 Å². The Kier molecular flexibility index (Phi) is 6.87. The first kappa shape index (κ1) is 21.3. The first-order valence-corrected chi connectivity index (χ1v) is 11.2. The average Bonchev–Trinajstić information content (AvgIpc) is 2.71. The van der Waals surface area contributed by atoms with Crippen LogP contribution in [0.1, 0.15) is 25.3 Å². The number of carbonyl (C=O) groups excluding carboxylic acids is 1. The van der Waals surface area contributed by atoms with Crippen molar-refractivity contribution in [2.45, 2.75) is 25.5 Å². The van der Waals surface area contributed by atoms with E-state index in [1.165, 1.54) is 28.6 Å². The highest BCUT2D eigenvalue weighted by Gasteiger charge is 2.32. The number of amides is 1. The third-order valence-electron chi connectivity index (χ3n) is 4.84. The molecule has 0 saturated carbocycles. The summed E-state index contributed by atoms with van der Waals surface area (Å²) >= 11 is 0. The number of benzene rings is 2. The van der Waals surface area contributed by atoms with Gasteiger partial charge in [-0.2, -0.15) is 0 Å². The van der Waals surface area contributed by atoms with Crippen LogP contribution in [-0.4, -0.2) is 38.3 Å². The highest BCUT2D eigenvalue weighted by Crippen LogP contribution is 2.23. The smallest absolute Gasteiger partial charge is 0.228 e. The Morgan fingerprint density at radius 1 is 1.17 bits per heavy atom. The SMILES string of the molecule is CCOc1ccc(NC(=O)[C@H]2CCCN(S(=O)(=O)Cc3ccc(F)cc3)C2)cc1. The van der Waals surface area contributed by atoms with Crippen LogP contribution in [-0.2, 0) is 20.6 Å². The van der Waals surface area contributed by atoms with Gasteiger partial charge in [-0.15, -0.1) is 0 Å². The molecular formula is C21H25FN2O4S. The molecule has 1 fully saturated rings. The van der Waals surface area contributed by atoms with Crippen molar-refractivity contribution in [1.82, 2.24) is 4.31 Å². The van der Waals surface area contributed by atoms with Crippen LogP contribution in [0.5, 0.6) is 5.75 Å². The Morgan fingerprint density at radius 2 is 1.86 bits per heavy atom. The van der Waals surface area contributed by atoms with E-state index in [1.807, 2.05) is 6.92 Å². The van der Waals surface area contributed by atoms with Crippen molar-refractivity contribution < 1.29 is 22.3 Å². The van der Waals surface area contributed by atoms with Gasteiger partial charge in [-0.1, -0.05) is 12.1 Å². The molecule has 6 nitrogen and oxygen atoms in total. The zero-order chi connectivity index (χ0) is 20.9. The quantitative estimate of drug-likeness (QED) is 0.745. The van der Waals surface area contributed by atoms with Crippen LogP contribution in [0, 0.1) is 11.7 Å². The number of hydrogen-bond acceptors (Lipinski definition) is 4. The van der Waals surface area contributed by atoms with Crippen LogP contribution < -0.4 is 10.1 Å². The van der Waals surface area contributed by atoms with Crippen molar-refractivity contribution in [2.75, 3.05) is 25.0 Å². The molecule has 0 bridgehead atoms. The lowest BCUT2D eigenvalue weighted by Crippen LogP contribution is -2.44. The number of sulfonamides is 1. The topological polar surface area (TPSA) is 75.7 Å². The van der Waals surface area contributed by atoms with Crippen LogP contribution in [0.3, 0.4) is 0 Å². The van der Waals surface area contributed by atoms with E-state index in [-0.39, 0.29) is 18.2 Å². The highest BCUT2D eigenvalue weighted by atomic mass is 32.2. The van der Waals surface area contributed by atoms with Gasteiger partial charge in [0.2, 0.25) is 15.9 Å². The van der Waals surface area contributed by atoms with Crippen molar-refractivity contribution in [3.63, 3.8) is 0 Å². The van der Waals surface area contributed by atoms with Gasteiger partial charge in [0.1, 0.15) is 11.6 Å². The predicted octanol–water partition coefficient (Wildman–Crippen LogP) is 3.40. The van der Waals surface area contributed by atoms with E-state index in [0.29, 0.717) is 37.2 Å². The number of nitrogens with zero attached hydrogens (tertiary/aromatic N) is 1. The second kappa shape index (κ2) is 9.37. The molecule has 1 saturated heterocycles. The summed E-state index contributed by atoms with van der Waals surface area (Å²) in [6.45, 7) is 2.99. The molecule has 1 aliphatic heterocycles. The van der Waals surface area contributed by atoms with Gasteiger partial charge >= 0.3 is 0 Å². The third kappa shape index (κ3) is 5.77. The van der Waals surface area contributed by atoms with E-state index >= 15 is 0 Å². The maximum absolute atomic E-state index is 13.0. The monoisotopic (exact) mass is 420 g/mol. The van der Waals surface area contributed by atoms with Crippen molar-refractivity contribution in [3.05, 3.63) is 59.9 Å². The minimum Gasteiger partial charge on any atom is -0.494 e. The fourth-order valence-electron chi connectivity index (χ4n) is 3.34. The molecule has 156 valence electrons. The molecule has 29 heavy (non-hydrogen) atoms. The largest absolute Gasteiger partial charge is 0.494 e. The van der Waals surface area contributed by atoms with Gasteiger partial charge in [0.15, 0.2) is 0 Å². The summed E-state index contributed by atoms with van der Waals surface area (Å²) in [5.74, 6) is -0.508. The van der Waals surface area contributed by atoms with Crippen LogP contribution in [0.4, 0.5) is 10.1 Å². The summed E-state index contributed by atoms with van der Waals surface area (Å²) in [5.41, 5.74) is 1.16. The molecule has 1 atom stereocenters. The first-order valence-electron chi connectivity index (χ1n) is 9.63. The molecule has 0 aliphatic carbocycles. The molecule has 1 amide bonds. The summed E-state index contributed by atoms with van der Waals surface area (Å²) in [5, 5.41) is 2.85. The van der Waals surface area contributed by atoms with Gasteiger partial charge in [0.05, 0.1) is 18.3 Å². The summed E-state index contributed by atoms with van der Waals surface area (Å²) in [6.07, 6.45) is 1.25. The number of carbonyl (C=O) groups is 1. The van der Waals surface area contributed by atoms with E-state index in [4.69, 9.17) is 4.74 Å². The Hall–Kier alpha value is -2.45. The normalized spacial score (nSPS) is 17.7. The lowest BCUT2D eigenvalue weighted by atomic mass is 9.99. The predicted molar refractivity (Wildman–Crippen MR) is 110 cm³/mol. The Bertz CT molecular complexity index is 930. The number of hydrogen-bond donors (Lipinski definition) is 1. The fraction of sp³-hybridized carbons (Fsp3) is 0.381. The summed E-state index contributed by atoms with van der Waals surface area (Å²) < 4.78 is 45.3. The molecular weight excluding hydrogens is 395 g/mol. The van der Waals surface area contributed by atoms with E-state index < -0.39 is 21.8 Å². The zero-order valence-corrected chi connectivity index (χ0v) is 17.1. The van der Waals surface area contributed by atoms with Gasteiger partial charge in [-0.25, -0.2) is 17.1 Å². The van der Waals surface area contributed by atoms with E-state index in [9.17, 15) is 17.6 Å². The molecule has 0 unspecified atom stereocenters. The minimum atomic E-state index is -3.59. The Labute approximate surface area is 170 Å². The lowest BCUT2D eigenvalue weighted by Gasteiger charge is -2.31. The third-order valence-corrected chi connectivity index (χ3v) is 6.66. The van der Waals surface area contributed by atoms with Gasteiger partial charge < -0.3 is 10.1 Å². The second-order valence-corrected chi connectivity index (χ2v) is 9.00. The first-order chi connectivity index (χ1) is 13.9. The maximum Gasteiger partial charge on any atom is 0.228 e.